The van der Waals surface area contributed by atoms with E-state index in [-0.39, 0.29) is 11.8 Å². The summed E-state index contributed by atoms with van der Waals surface area (Å²) >= 11 is 18.5. The zero-order valence-corrected chi connectivity index (χ0v) is 15.9. The maximum absolute atomic E-state index is 12.5. The smallest absolute Gasteiger partial charge is 0.227 e. The summed E-state index contributed by atoms with van der Waals surface area (Å²) in [5.41, 5.74) is 1.62. The summed E-state index contributed by atoms with van der Waals surface area (Å²) in [6.45, 7) is 2.53. The van der Waals surface area contributed by atoms with E-state index in [4.69, 9.17) is 34.8 Å². The first kappa shape index (κ1) is 18.5. The lowest BCUT2D eigenvalue weighted by molar-refractivity contribution is -0.121. The van der Waals surface area contributed by atoms with Crippen molar-refractivity contribution in [3.8, 4) is 0 Å². The van der Waals surface area contributed by atoms with Crippen molar-refractivity contribution in [2.45, 2.75) is 19.4 Å². The summed E-state index contributed by atoms with van der Waals surface area (Å²) in [7, 11) is 0. The van der Waals surface area contributed by atoms with Gasteiger partial charge in [0, 0.05) is 17.5 Å². The fourth-order valence-corrected chi connectivity index (χ4v) is 3.75. The lowest BCUT2D eigenvalue weighted by Crippen LogP contribution is -2.37. The molecule has 0 unspecified atom stereocenters. The molecule has 0 atom stereocenters. The van der Waals surface area contributed by atoms with Crippen molar-refractivity contribution in [2.24, 2.45) is 5.92 Å². The van der Waals surface area contributed by atoms with Gasteiger partial charge in [-0.15, -0.1) is 0 Å². The molecule has 1 aliphatic heterocycles. The Labute approximate surface area is 162 Å². The number of carbonyl (C=O) groups excluding carboxylic acids is 1. The molecule has 3 rings (SSSR count). The van der Waals surface area contributed by atoms with E-state index >= 15 is 0 Å². The normalized spacial score (nSPS) is 16.0. The van der Waals surface area contributed by atoms with E-state index in [1.165, 1.54) is 0 Å². The monoisotopic (exact) mass is 396 g/mol. The van der Waals surface area contributed by atoms with Gasteiger partial charge in [-0.3, -0.25) is 9.69 Å². The van der Waals surface area contributed by atoms with Crippen LogP contribution in [0.1, 0.15) is 18.4 Å². The number of likely N-dealkylation sites (tertiary alicyclic amines) is 1. The molecule has 1 amide bonds. The molecule has 0 saturated carbocycles. The second kappa shape index (κ2) is 8.41. The van der Waals surface area contributed by atoms with Crippen LogP contribution in [0.4, 0.5) is 5.69 Å². The number of nitrogens with one attached hydrogen (secondary N) is 1. The number of hydrogen-bond acceptors (Lipinski definition) is 2. The first-order chi connectivity index (χ1) is 12.0. The molecule has 2 aromatic carbocycles. The molecule has 0 radical (unpaired) electrons. The Morgan fingerprint density at radius 3 is 2.20 bits per heavy atom. The van der Waals surface area contributed by atoms with Gasteiger partial charge >= 0.3 is 0 Å². The van der Waals surface area contributed by atoms with Crippen LogP contribution in [0, 0.1) is 5.92 Å². The van der Waals surface area contributed by atoms with Crippen LogP contribution >= 0.6 is 34.8 Å². The van der Waals surface area contributed by atoms with Gasteiger partial charge in [-0.2, -0.15) is 0 Å². The van der Waals surface area contributed by atoms with Gasteiger partial charge < -0.3 is 5.32 Å². The molecule has 1 heterocycles. The molecule has 2 aromatic rings. The fraction of sp³-hybridized carbons (Fsp3) is 0.316. The molecule has 1 saturated heterocycles. The Hall–Kier alpha value is -1.26. The van der Waals surface area contributed by atoms with E-state index in [0.29, 0.717) is 15.7 Å². The molecule has 6 heteroatoms. The van der Waals surface area contributed by atoms with Gasteiger partial charge in [0.15, 0.2) is 0 Å². The second-order valence-electron chi connectivity index (χ2n) is 6.23. The number of para-hydroxylation sites is 1. The molecule has 132 valence electrons. The summed E-state index contributed by atoms with van der Waals surface area (Å²) in [4.78, 5) is 14.8. The van der Waals surface area contributed by atoms with E-state index in [2.05, 4.69) is 10.2 Å². The minimum Gasteiger partial charge on any atom is -0.323 e. The summed E-state index contributed by atoms with van der Waals surface area (Å²) in [6.07, 6.45) is 1.61. The summed E-state index contributed by atoms with van der Waals surface area (Å²) in [5.74, 6) is -0.0535. The third-order valence-corrected chi connectivity index (χ3v) is 5.52. The van der Waals surface area contributed by atoms with Crippen LogP contribution in [0.15, 0.2) is 42.5 Å². The summed E-state index contributed by atoms with van der Waals surface area (Å²) in [6, 6.07) is 13.1. The van der Waals surface area contributed by atoms with Crippen LogP contribution in [0.5, 0.6) is 0 Å². The third-order valence-electron chi connectivity index (χ3n) is 4.52. The van der Waals surface area contributed by atoms with Crippen molar-refractivity contribution < 1.29 is 4.79 Å². The van der Waals surface area contributed by atoms with Crippen LogP contribution in [0.2, 0.25) is 15.1 Å². The van der Waals surface area contributed by atoms with Crippen LogP contribution in [-0.4, -0.2) is 23.9 Å². The van der Waals surface area contributed by atoms with E-state index < -0.39 is 0 Å². The number of piperidine rings is 1. The SMILES string of the molecule is O=C(Nc1c(Cl)cccc1Cl)C1CCN(Cc2ccccc2Cl)CC1. The molecule has 0 spiro atoms. The zero-order chi connectivity index (χ0) is 17.8. The zero-order valence-electron chi connectivity index (χ0n) is 13.6. The minimum atomic E-state index is -0.0326. The Morgan fingerprint density at radius 2 is 1.56 bits per heavy atom. The van der Waals surface area contributed by atoms with Gasteiger partial charge in [-0.1, -0.05) is 59.1 Å². The molecule has 3 nitrogen and oxygen atoms in total. The van der Waals surface area contributed by atoms with Gasteiger partial charge in [-0.25, -0.2) is 0 Å². The Balaban J connectivity index is 1.55. The standard InChI is InChI=1S/C19H19Cl3N2O/c20-15-5-2-1-4-14(15)12-24-10-8-13(9-11-24)19(25)23-18-16(21)6-3-7-17(18)22/h1-7,13H,8-12H2,(H,23,25). The topological polar surface area (TPSA) is 32.3 Å². The van der Waals surface area contributed by atoms with Crippen LogP contribution in [-0.2, 0) is 11.3 Å². The second-order valence-corrected chi connectivity index (χ2v) is 7.45. The lowest BCUT2D eigenvalue weighted by atomic mass is 9.95. The molecule has 1 aliphatic rings. The van der Waals surface area contributed by atoms with Crippen molar-refractivity contribution in [1.82, 2.24) is 4.90 Å². The summed E-state index contributed by atoms with van der Waals surface area (Å²) < 4.78 is 0. The van der Waals surface area contributed by atoms with E-state index in [0.717, 1.165) is 43.1 Å². The quantitative estimate of drug-likeness (QED) is 0.739. The number of nitrogens with zero attached hydrogens (tertiary/aromatic N) is 1. The van der Waals surface area contributed by atoms with Gasteiger partial charge in [0.2, 0.25) is 5.91 Å². The third kappa shape index (κ3) is 4.68. The molecule has 1 N–H and O–H groups in total. The number of anilines is 1. The number of amides is 1. The van der Waals surface area contributed by atoms with Gasteiger partial charge in [-0.05, 0) is 49.7 Å². The number of carbonyl (C=O) groups is 1. The number of rotatable bonds is 4. The Kier molecular flexibility index (Phi) is 6.24. The van der Waals surface area contributed by atoms with Gasteiger partial charge in [0.25, 0.3) is 0 Å². The number of hydrogen-bond donors (Lipinski definition) is 1. The lowest BCUT2D eigenvalue weighted by Gasteiger charge is -2.31. The summed E-state index contributed by atoms with van der Waals surface area (Å²) in [5, 5.41) is 4.58. The highest BCUT2D eigenvalue weighted by Gasteiger charge is 2.26. The van der Waals surface area contributed by atoms with Crippen molar-refractivity contribution in [2.75, 3.05) is 18.4 Å². The number of halogens is 3. The van der Waals surface area contributed by atoms with Crippen LogP contribution < -0.4 is 5.32 Å². The molecule has 1 fully saturated rings. The van der Waals surface area contributed by atoms with E-state index in [9.17, 15) is 4.79 Å². The Bertz CT molecular complexity index is 738. The van der Waals surface area contributed by atoms with Gasteiger partial charge in [0.1, 0.15) is 0 Å². The fourth-order valence-electron chi connectivity index (χ4n) is 3.06. The van der Waals surface area contributed by atoms with Crippen LogP contribution in [0.3, 0.4) is 0 Å². The molecule has 0 aliphatic carbocycles. The van der Waals surface area contributed by atoms with Crippen molar-refractivity contribution >= 4 is 46.4 Å². The highest BCUT2D eigenvalue weighted by molar-refractivity contribution is 6.39. The molecular weight excluding hydrogens is 379 g/mol. The average Bonchev–Trinajstić information content (AvgIpc) is 2.61. The van der Waals surface area contributed by atoms with Crippen molar-refractivity contribution in [3.05, 3.63) is 63.1 Å². The Morgan fingerprint density at radius 1 is 0.960 bits per heavy atom. The van der Waals surface area contributed by atoms with E-state index in [1.54, 1.807) is 18.2 Å². The molecule has 25 heavy (non-hydrogen) atoms. The average molecular weight is 398 g/mol. The molecular formula is C19H19Cl3N2O. The van der Waals surface area contributed by atoms with Crippen molar-refractivity contribution in [1.29, 1.82) is 0 Å². The minimum absolute atomic E-state index is 0.0209. The largest absolute Gasteiger partial charge is 0.323 e. The van der Waals surface area contributed by atoms with Crippen molar-refractivity contribution in [3.63, 3.8) is 0 Å². The molecule has 0 bridgehead atoms. The maximum Gasteiger partial charge on any atom is 0.227 e. The highest BCUT2D eigenvalue weighted by atomic mass is 35.5. The van der Waals surface area contributed by atoms with E-state index in [1.807, 2.05) is 24.3 Å². The predicted molar refractivity (Wildman–Crippen MR) is 105 cm³/mol. The predicted octanol–water partition coefficient (Wildman–Crippen LogP) is 5.50. The molecule has 0 aromatic heterocycles. The maximum atomic E-state index is 12.5. The van der Waals surface area contributed by atoms with Gasteiger partial charge in [0.05, 0.1) is 15.7 Å². The van der Waals surface area contributed by atoms with Crippen LogP contribution in [0.25, 0.3) is 0 Å². The highest BCUT2D eigenvalue weighted by Crippen LogP contribution is 2.31. The number of benzene rings is 2. The first-order valence-corrected chi connectivity index (χ1v) is 9.38. The first-order valence-electron chi connectivity index (χ1n) is 8.25.